The number of nitrogens with two attached hydrogens (primary N) is 1. The summed E-state index contributed by atoms with van der Waals surface area (Å²) in [5.41, 5.74) is 10.4. The summed E-state index contributed by atoms with van der Waals surface area (Å²) in [6.45, 7) is 2.03. The number of rotatable bonds is 3. The first-order valence-corrected chi connectivity index (χ1v) is 8.00. The molecule has 4 heteroatoms. The van der Waals surface area contributed by atoms with Crippen molar-refractivity contribution in [1.29, 1.82) is 0 Å². The maximum Gasteiger partial charge on any atom is 0.0907 e. The minimum absolute atomic E-state index is 0.479. The highest BCUT2D eigenvalue weighted by Gasteiger charge is 2.38. The number of aryl methyl sites for hydroxylation is 1. The standard InChI is InChI=1S/C17H17N3S/c1-10-19-16-9-15(13(18)8-17(16)21-10)20-14-7-12(14)11-5-3-2-4-6-11/h2-6,8-9,12,14,20H,7,18H2,1H3. The van der Waals surface area contributed by atoms with Crippen LogP contribution in [0.2, 0.25) is 0 Å². The van der Waals surface area contributed by atoms with E-state index < -0.39 is 0 Å². The summed E-state index contributed by atoms with van der Waals surface area (Å²) in [7, 11) is 0. The summed E-state index contributed by atoms with van der Waals surface area (Å²) in [5.74, 6) is 0.596. The van der Waals surface area contributed by atoms with Crippen LogP contribution >= 0.6 is 11.3 Å². The van der Waals surface area contributed by atoms with E-state index in [1.54, 1.807) is 11.3 Å². The molecule has 1 heterocycles. The maximum atomic E-state index is 6.17. The van der Waals surface area contributed by atoms with E-state index >= 15 is 0 Å². The Bertz CT molecular complexity index is 794. The molecule has 0 amide bonds. The van der Waals surface area contributed by atoms with Crippen LogP contribution < -0.4 is 11.1 Å². The molecule has 106 valence electrons. The lowest BCUT2D eigenvalue weighted by Gasteiger charge is -2.09. The molecule has 0 bridgehead atoms. The van der Waals surface area contributed by atoms with Crippen LogP contribution in [-0.2, 0) is 0 Å². The first-order valence-electron chi connectivity index (χ1n) is 7.19. The van der Waals surface area contributed by atoms with Gasteiger partial charge < -0.3 is 11.1 Å². The molecule has 1 aliphatic rings. The molecule has 2 unspecified atom stereocenters. The Morgan fingerprint density at radius 2 is 2.05 bits per heavy atom. The zero-order chi connectivity index (χ0) is 14.4. The van der Waals surface area contributed by atoms with Gasteiger partial charge in [0, 0.05) is 12.0 Å². The first kappa shape index (κ1) is 12.7. The third-order valence-electron chi connectivity index (χ3n) is 4.03. The van der Waals surface area contributed by atoms with Crippen LogP contribution in [0.4, 0.5) is 11.4 Å². The number of fused-ring (bicyclic) bond motifs is 1. The van der Waals surface area contributed by atoms with Crippen molar-refractivity contribution in [3.63, 3.8) is 0 Å². The lowest BCUT2D eigenvalue weighted by Crippen LogP contribution is -2.06. The second-order valence-electron chi connectivity index (χ2n) is 5.64. The third-order valence-corrected chi connectivity index (χ3v) is 4.96. The Labute approximate surface area is 127 Å². The van der Waals surface area contributed by atoms with Crippen molar-refractivity contribution < 1.29 is 0 Å². The average molecular weight is 295 g/mol. The summed E-state index contributed by atoms with van der Waals surface area (Å²) >= 11 is 1.69. The molecule has 1 aromatic heterocycles. The lowest BCUT2D eigenvalue weighted by atomic mass is 10.1. The van der Waals surface area contributed by atoms with Crippen LogP contribution in [0.25, 0.3) is 10.2 Å². The molecule has 1 aliphatic carbocycles. The van der Waals surface area contributed by atoms with Crippen LogP contribution in [0.15, 0.2) is 42.5 Å². The summed E-state index contributed by atoms with van der Waals surface area (Å²) in [6, 6.07) is 15.2. The summed E-state index contributed by atoms with van der Waals surface area (Å²) < 4.78 is 1.16. The number of hydrogen-bond acceptors (Lipinski definition) is 4. The molecule has 1 saturated carbocycles. The molecule has 21 heavy (non-hydrogen) atoms. The summed E-state index contributed by atoms with van der Waals surface area (Å²) in [4.78, 5) is 4.54. The summed E-state index contributed by atoms with van der Waals surface area (Å²) in [5, 5.41) is 4.65. The Kier molecular flexibility index (Phi) is 2.86. The normalized spacial score (nSPS) is 20.6. The van der Waals surface area contributed by atoms with E-state index in [1.165, 1.54) is 5.56 Å². The smallest absolute Gasteiger partial charge is 0.0907 e. The Morgan fingerprint density at radius 3 is 2.86 bits per heavy atom. The Balaban J connectivity index is 1.57. The van der Waals surface area contributed by atoms with Gasteiger partial charge >= 0.3 is 0 Å². The number of anilines is 2. The van der Waals surface area contributed by atoms with E-state index in [9.17, 15) is 0 Å². The van der Waals surface area contributed by atoms with Crippen molar-refractivity contribution in [2.45, 2.75) is 25.3 Å². The minimum Gasteiger partial charge on any atom is -0.397 e. The number of nitrogen functional groups attached to an aromatic ring is 1. The average Bonchev–Trinajstić information content (AvgIpc) is 3.15. The van der Waals surface area contributed by atoms with E-state index in [2.05, 4.69) is 46.7 Å². The van der Waals surface area contributed by atoms with Crippen LogP contribution in [0, 0.1) is 6.92 Å². The van der Waals surface area contributed by atoms with Gasteiger partial charge in [0.1, 0.15) is 0 Å². The van der Waals surface area contributed by atoms with Crippen molar-refractivity contribution >= 4 is 32.9 Å². The first-order chi connectivity index (χ1) is 10.2. The molecule has 2 aromatic carbocycles. The van der Waals surface area contributed by atoms with Crippen LogP contribution in [0.1, 0.15) is 22.9 Å². The summed E-state index contributed by atoms with van der Waals surface area (Å²) in [6.07, 6.45) is 1.16. The van der Waals surface area contributed by atoms with E-state index in [-0.39, 0.29) is 0 Å². The Hall–Kier alpha value is -2.07. The molecule has 0 saturated heterocycles. The van der Waals surface area contributed by atoms with E-state index in [4.69, 9.17) is 5.73 Å². The lowest BCUT2D eigenvalue weighted by molar-refractivity contribution is 1.05. The SMILES string of the molecule is Cc1nc2cc(NC3CC3c3ccccc3)c(N)cc2s1. The van der Waals surface area contributed by atoms with Gasteiger partial charge in [-0.2, -0.15) is 0 Å². The highest BCUT2D eigenvalue weighted by molar-refractivity contribution is 7.18. The predicted octanol–water partition coefficient (Wildman–Crippen LogP) is 4.15. The van der Waals surface area contributed by atoms with Gasteiger partial charge in [0.25, 0.3) is 0 Å². The molecule has 0 aliphatic heterocycles. The van der Waals surface area contributed by atoms with E-state index in [0.717, 1.165) is 33.0 Å². The fourth-order valence-electron chi connectivity index (χ4n) is 2.85. The van der Waals surface area contributed by atoms with E-state index in [0.29, 0.717) is 12.0 Å². The molecule has 2 atom stereocenters. The van der Waals surface area contributed by atoms with Crippen LogP contribution in [-0.4, -0.2) is 11.0 Å². The number of benzene rings is 2. The van der Waals surface area contributed by atoms with Gasteiger partial charge in [0.05, 0.1) is 26.6 Å². The zero-order valence-electron chi connectivity index (χ0n) is 11.8. The fraction of sp³-hybridized carbons (Fsp3) is 0.235. The second kappa shape index (κ2) is 4.74. The highest BCUT2D eigenvalue weighted by atomic mass is 32.1. The van der Waals surface area contributed by atoms with Crippen molar-refractivity contribution in [1.82, 2.24) is 4.98 Å². The molecule has 4 rings (SSSR count). The number of nitrogens with one attached hydrogen (secondary N) is 1. The van der Waals surface area contributed by atoms with Gasteiger partial charge in [-0.05, 0) is 31.0 Å². The molecular weight excluding hydrogens is 278 g/mol. The molecule has 0 spiro atoms. The van der Waals surface area contributed by atoms with Crippen molar-refractivity contribution in [3.8, 4) is 0 Å². The topological polar surface area (TPSA) is 50.9 Å². The third kappa shape index (κ3) is 2.36. The molecule has 3 N–H and O–H groups in total. The van der Waals surface area contributed by atoms with Crippen molar-refractivity contribution in [2.75, 3.05) is 11.1 Å². The molecule has 1 fully saturated rings. The van der Waals surface area contributed by atoms with Gasteiger partial charge in [0.2, 0.25) is 0 Å². The van der Waals surface area contributed by atoms with Gasteiger partial charge in [-0.1, -0.05) is 30.3 Å². The number of nitrogens with zero attached hydrogens (tertiary/aromatic N) is 1. The molecular formula is C17H17N3S. The molecule has 3 nitrogen and oxygen atoms in total. The highest BCUT2D eigenvalue weighted by Crippen LogP contribution is 2.44. The maximum absolute atomic E-state index is 6.17. The second-order valence-corrected chi connectivity index (χ2v) is 6.88. The largest absolute Gasteiger partial charge is 0.397 e. The van der Waals surface area contributed by atoms with Crippen molar-refractivity contribution in [3.05, 3.63) is 53.0 Å². The van der Waals surface area contributed by atoms with Crippen LogP contribution in [0.3, 0.4) is 0 Å². The van der Waals surface area contributed by atoms with Gasteiger partial charge in [-0.25, -0.2) is 4.98 Å². The van der Waals surface area contributed by atoms with Crippen LogP contribution in [0.5, 0.6) is 0 Å². The zero-order valence-corrected chi connectivity index (χ0v) is 12.7. The quantitative estimate of drug-likeness (QED) is 0.713. The van der Waals surface area contributed by atoms with E-state index in [1.807, 2.05) is 13.0 Å². The monoisotopic (exact) mass is 295 g/mol. The minimum atomic E-state index is 0.479. The van der Waals surface area contributed by atoms with Crippen molar-refractivity contribution in [2.24, 2.45) is 0 Å². The Morgan fingerprint density at radius 1 is 1.24 bits per heavy atom. The molecule has 0 radical (unpaired) electrons. The van der Waals surface area contributed by atoms with Gasteiger partial charge in [-0.15, -0.1) is 11.3 Å². The fourth-order valence-corrected chi connectivity index (χ4v) is 3.71. The molecule has 3 aromatic rings. The predicted molar refractivity (Wildman–Crippen MR) is 90.0 cm³/mol. The number of thiazole rings is 1. The van der Waals surface area contributed by atoms with Gasteiger partial charge in [-0.3, -0.25) is 0 Å². The number of aromatic nitrogens is 1. The number of hydrogen-bond donors (Lipinski definition) is 2. The van der Waals surface area contributed by atoms with Gasteiger partial charge in [0.15, 0.2) is 0 Å².